The van der Waals surface area contributed by atoms with Crippen LogP contribution in [0.3, 0.4) is 0 Å². The molecule has 1 aromatic carbocycles. The normalized spacial score (nSPS) is 10.7. The number of nitrogen functional groups attached to an aromatic ring is 1. The molecule has 0 aliphatic rings. The summed E-state index contributed by atoms with van der Waals surface area (Å²) in [4.78, 5) is 12.0. The van der Waals surface area contributed by atoms with Crippen molar-refractivity contribution in [2.24, 2.45) is 0 Å². The highest BCUT2D eigenvalue weighted by molar-refractivity contribution is 6.31. The first kappa shape index (κ1) is 15.4. The highest BCUT2D eigenvalue weighted by atomic mass is 35.5. The number of nitrogens with one attached hydrogen (secondary N) is 1. The van der Waals surface area contributed by atoms with E-state index in [0.29, 0.717) is 23.7 Å². The van der Waals surface area contributed by atoms with Gasteiger partial charge >= 0.3 is 0 Å². The molecule has 2 rings (SSSR count). The van der Waals surface area contributed by atoms with E-state index in [-0.39, 0.29) is 5.91 Å². The van der Waals surface area contributed by atoms with Crippen molar-refractivity contribution in [2.75, 3.05) is 11.1 Å². The lowest BCUT2D eigenvalue weighted by Gasteiger charge is -2.10. The van der Waals surface area contributed by atoms with E-state index in [0.717, 1.165) is 22.6 Å². The Morgan fingerprint density at radius 1 is 1.38 bits per heavy atom. The molecule has 0 atom stereocenters. The SMILES string of the molecule is Cc1ccc(N)cc1NC(=O)CCn1nc(C)c(Cl)c1C. The van der Waals surface area contributed by atoms with Crippen LogP contribution >= 0.6 is 11.6 Å². The van der Waals surface area contributed by atoms with Gasteiger partial charge in [-0.2, -0.15) is 5.10 Å². The van der Waals surface area contributed by atoms with Gasteiger partial charge in [0.2, 0.25) is 5.91 Å². The van der Waals surface area contributed by atoms with E-state index in [2.05, 4.69) is 10.4 Å². The Morgan fingerprint density at radius 2 is 2.10 bits per heavy atom. The molecule has 5 nitrogen and oxygen atoms in total. The average Bonchev–Trinajstić information content (AvgIpc) is 2.68. The predicted octanol–water partition coefficient (Wildman–Crippen LogP) is 3.07. The number of carbonyl (C=O) groups is 1. The fraction of sp³-hybridized carbons (Fsp3) is 0.333. The molecular formula is C15H19ClN4O. The summed E-state index contributed by atoms with van der Waals surface area (Å²) in [5, 5.41) is 7.83. The molecule has 0 radical (unpaired) electrons. The van der Waals surface area contributed by atoms with Crippen LogP contribution in [0.1, 0.15) is 23.4 Å². The van der Waals surface area contributed by atoms with Crippen molar-refractivity contribution in [3.63, 3.8) is 0 Å². The minimum absolute atomic E-state index is 0.0765. The molecule has 21 heavy (non-hydrogen) atoms. The summed E-state index contributed by atoms with van der Waals surface area (Å²) in [5.74, 6) is -0.0765. The van der Waals surface area contributed by atoms with Crippen molar-refractivity contribution in [3.8, 4) is 0 Å². The number of carbonyl (C=O) groups excluding carboxylic acids is 1. The summed E-state index contributed by atoms with van der Waals surface area (Å²) in [7, 11) is 0. The number of halogens is 1. The first-order valence-corrected chi connectivity index (χ1v) is 7.11. The van der Waals surface area contributed by atoms with Gasteiger partial charge in [-0.3, -0.25) is 9.48 Å². The Labute approximate surface area is 129 Å². The molecule has 0 spiro atoms. The van der Waals surface area contributed by atoms with Gasteiger partial charge in [-0.15, -0.1) is 0 Å². The van der Waals surface area contributed by atoms with Crippen LogP contribution in [0.5, 0.6) is 0 Å². The molecule has 0 bridgehead atoms. The molecule has 2 aromatic rings. The minimum atomic E-state index is -0.0765. The van der Waals surface area contributed by atoms with Gasteiger partial charge in [-0.1, -0.05) is 17.7 Å². The van der Waals surface area contributed by atoms with Gasteiger partial charge < -0.3 is 11.1 Å². The zero-order valence-electron chi connectivity index (χ0n) is 12.4. The maximum atomic E-state index is 12.0. The molecule has 0 saturated carbocycles. The predicted molar refractivity (Wildman–Crippen MR) is 85.5 cm³/mol. The monoisotopic (exact) mass is 306 g/mol. The van der Waals surface area contributed by atoms with E-state index < -0.39 is 0 Å². The summed E-state index contributed by atoms with van der Waals surface area (Å²) >= 11 is 6.08. The molecule has 6 heteroatoms. The molecule has 0 unspecified atom stereocenters. The van der Waals surface area contributed by atoms with Crippen molar-refractivity contribution in [2.45, 2.75) is 33.7 Å². The fourth-order valence-corrected chi connectivity index (χ4v) is 2.22. The lowest BCUT2D eigenvalue weighted by Crippen LogP contribution is -2.16. The molecule has 0 saturated heterocycles. The number of nitrogens with zero attached hydrogens (tertiary/aromatic N) is 2. The standard InChI is InChI=1S/C15H19ClN4O/c1-9-4-5-12(17)8-13(9)18-14(21)6-7-20-11(3)15(16)10(2)19-20/h4-5,8H,6-7,17H2,1-3H3,(H,18,21). The number of hydrogen-bond donors (Lipinski definition) is 2. The largest absolute Gasteiger partial charge is 0.399 e. The summed E-state index contributed by atoms with van der Waals surface area (Å²) in [6, 6.07) is 5.45. The van der Waals surface area contributed by atoms with Gasteiger partial charge in [0.1, 0.15) is 0 Å². The van der Waals surface area contributed by atoms with Crippen molar-refractivity contribution >= 4 is 28.9 Å². The number of benzene rings is 1. The number of anilines is 2. The Balaban J connectivity index is 1.99. The molecule has 3 N–H and O–H groups in total. The number of hydrogen-bond acceptors (Lipinski definition) is 3. The maximum absolute atomic E-state index is 12.0. The second kappa shape index (κ2) is 6.18. The van der Waals surface area contributed by atoms with Gasteiger partial charge in [0, 0.05) is 17.8 Å². The smallest absolute Gasteiger partial charge is 0.226 e. The van der Waals surface area contributed by atoms with Crippen LogP contribution in [-0.4, -0.2) is 15.7 Å². The van der Waals surface area contributed by atoms with Gasteiger partial charge in [0.15, 0.2) is 0 Å². The number of rotatable bonds is 4. The lowest BCUT2D eigenvalue weighted by molar-refractivity contribution is -0.116. The van der Waals surface area contributed by atoms with Crippen LogP contribution in [0.25, 0.3) is 0 Å². The van der Waals surface area contributed by atoms with E-state index >= 15 is 0 Å². The number of aromatic nitrogens is 2. The number of amides is 1. The van der Waals surface area contributed by atoms with Crippen molar-refractivity contribution in [3.05, 3.63) is 40.2 Å². The van der Waals surface area contributed by atoms with Crippen LogP contribution in [0.15, 0.2) is 18.2 Å². The van der Waals surface area contributed by atoms with E-state index in [4.69, 9.17) is 17.3 Å². The van der Waals surface area contributed by atoms with Crippen LogP contribution in [-0.2, 0) is 11.3 Å². The summed E-state index contributed by atoms with van der Waals surface area (Å²) in [5.41, 5.74) is 9.73. The highest BCUT2D eigenvalue weighted by Crippen LogP contribution is 2.20. The molecule has 0 aliphatic carbocycles. The Morgan fingerprint density at radius 3 is 2.71 bits per heavy atom. The third-order valence-corrected chi connectivity index (χ3v) is 3.93. The van der Waals surface area contributed by atoms with Crippen LogP contribution in [0.4, 0.5) is 11.4 Å². The van der Waals surface area contributed by atoms with Gasteiger partial charge in [0.25, 0.3) is 0 Å². The molecule has 112 valence electrons. The lowest BCUT2D eigenvalue weighted by atomic mass is 10.2. The minimum Gasteiger partial charge on any atom is -0.399 e. The van der Waals surface area contributed by atoms with E-state index in [9.17, 15) is 4.79 Å². The summed E-state index contributed by atoms with van der Waals surface area (Å²) < 4.78 is 1.75. The third-order valence-electron chi connectivity index (χ3n) is 3.38. The van der Waals surface area contributed by atoms with Crippen LogP contribution < -0.4 is 11.1 Å². The number of aryl methyl sites for hydroxylation is 3. The topological polar surface area (TPSA) is 72.9 Å². The van der Waals surface area contributed by atoms with Gasteiger partial charge in [-0.25, -0.2) is 0 Å². The Kier molecular flexibility index (Phi) is 4.53. The van der Waals surface area contributed by atoms with Gasteiger partial charge in [0.05, 0.1) is 23.0 Å². The van der Waals surface area contributed by atoms with Crippen LogP contribution in [0, 0.1) is 20.8 Å². The second-order valence-electron chi connectivity index (χ2n) is 5.08. The molecular weight excluding hydrogens is 288 g/mol. The molecule has 1 aromatic heterocycles. The molecule has 0 aliphatic heterocycles. The maximum Gasteiger partial charge on any atom is 0.226 e. The highest BCUT2D eigenvalue weighted by Gasteiger charge is 2.11. The summed E-state index contributed by atoms with van der Waals surface area (Å²) in [6.07, 6.45) is 0.326. The molecule has 1 amide bonds. The second-order valence-corrected chi connectivity index (χ2v) is 5.46. The average molecular weight is 307 g/mol. The first-order valence-electron chi connectivity index (χ1n) is 6.74. The quantitative estimate of drug-likeness (QED) is 0.853. The third kappa shape index (κ3) is 3.55. The zero-order valence-corrected chi connectivity index (χ0v) is 13.2. The van der Waals surface area contributed by atoms with Crippen LogP contribution in [0.2, 0.25) is 5.02 Å². The van der Waals surface area contributed by atoms with E-state index in [1.165, 1.54) is 0 Å². The van der Waals surface area contributed by atoms with Gasteiger partial charge in [-0.05, 0) is 38.5 Å². The first-order chi connectivity index (χ1) is 9.88. The van der Waals surface area contributed by atoms with Crippen molar-refractivity contribution < 1.29 is 4.79 Å². The summed E-state index contributed by atoms with van der Waals surface area (Å²) in [6.45, 7) is 6.16. The zero-order chi connectivity index (χ0) is 15.6. The van der Waals surface area contributed by atoms with Crippen molar-refractivity contribution in [1.29, 1.82) is 0 Å². The number of nitrogens with two attached hydrogens (primary N) is 1. The molecule has 0 fully saturated rings. The fourth-order valence-electron chi connectivity index (χ4n) is 2.09. The Bertz CT molecular complexity index is 679. The van der Waals surface area contributed by atoms with E-state index in [1.807, 2.05) is 32.9 Å². The van der Waals surface area contributed by atoms with Crippen molar-refractivity contribution in [1.82, 2.24) is 9.78 Å². The Hall–Kier alpha value is -2.01. The van der Waals surface area contributed by atoms with E-state index in [1.54, 1.807) is 10.7 Å². The molecule has 1 heterocycles.